The van der Waals surface area contributed by atoms with Crippen LogP contribution in [0.4, 0.5) is 18.9 Å². The molecule has 2 aliphatic rings. The van der Waals surface area contributed by atoms with E-state index >= 15 is 0 Å². The first-order chi connectivity index (χ1) is 17.5. The number of ether oxygens (including phenoxy) is 1. The zero-order chi connectivity index (χ0) is 26.8. The predicted octanol–water partition coefficient (Wildman–Crippen LogP) is 6.86. The molecule has 0 radical (unpaired) electrons. The van der Waals surface area contributed by atoms with Crippen molar-refractivity contribution in [1.29, 1.82) is 0 Å². The van der Waals surface area contributed by atoms with Gasteiger partial charge in [-0.25, -0.2) is 0 Å². The van der Waals surface area contributed by atoms with E-state index in [2.05, 4.69) is 5.32 Å². The summed E-state index contributed by atoms with van der Waals surface area (Å²) in [5, 5.41) is 2.91. The number of halogens is 3. The van der Waals surface area contributed by atoms with Gasteiger partial charge in [0.15, 0.2) is 5.60 Å². The van der Waals surface area contributed by atoms with Crippen LogP contribution in [0, 0.1) is 0 Å². The van der Waals surface area contributed by atoms with Crippen molar-refractivity contribution < 1.29 is 27.5 Å². The molecule has 37 heavy (non-hydrogen) atoms. The number of nitrogens with zero attached hydrogens (tertiary/aromatic N) is 1. The Balaban J connectivity index is 1.71. The summed E-state index contributed by atoms with van der Waals surface area (Å²) in [6, 6.07) is 11.5. The first-order valence-corrected chi connectivity index (χ1v) is 13.1. The van der Waals surface area contributed by atoms with Crippen LogP contribution in [-0.2, 0) is 11.0 Å². The first kappa shape index (κ1) is 27.0. The van der Waals surface area contributed by atoms with Gasteiger partial charge in [-0.3, -0.25) is 9.59 Å². The van der Waals surface area contributed by atoms with Gasteiger partial charge >= 0.3 is 6.18 Å². The van der Waals surface area contributed by atoms with E-state index in [1.54, 1.807) is 13.8 Å². The second-order valence-corrected chi connectivity index (χ2v) is 10.5. The molecule has 0 aromatic heterocycles. The molecule has 8 heteroatoms. The van der Waals surface area contributed by atoms with Crippen LogP contribution in [0.3, 0.4) is 0 Å². The van der Waals surface area contributed by atoms with Crippen LogP contribution in [0.2, 0.25) is 0 Å². The van der Waals surface area contributed by atoms with Crippen LogP contribution < -0.4 is 15.0 Å². The number of anilines is 1. The fourth-order valence-corrected chi connectivity index (χ4v) is 5.43. The molecule has 0 spiro atoms. The SMILES string of the molecule is CCCCCN1C(=O)C(C)(C)Oc2cc(C(F)(F)F)c(C(=O)N[C@@H]3CCCC[C@@H]3c3ccccc3)cc21. The van der Waals surface area contributed by atoms with E-state index in [4.69, 9.17) is 4.74 Å². The summed E-state index contributed by atoms with van der Waals surface area (Å²) in [7, 11) is 0. The molecule has 200 valence electrons. The van der Waals surface area contributed by atoms with Gasteiger partial charge < -0.3 is 15.0 Å². The van der Waals surface area contributed by atoms with Gasteiger partial charge in [-0.15, -0.1) is 0 Å². The third-order valence-electron chi connectivity index (χ3n) is 7.36. The Morgan fingerprint density at radius 3 is 2.49 bits per heavy atom. The molecule has 1 fully saturated rings. The van der Waals surface area contributed by atoms with Crippen molar-refractivity contribution in [3.63, 3.8) is 0 Å². The van der Waals surface area contributed by atoms with Gasteiger partial charge in [0.2, 0.25) is 0 Å². The Kier molecular flexibility index (Phi) is 7.85. The lowest BCUT2D eigenvalue weighted by Gasteiger charge is -2.39. The number of alkyl halides is 3. The molecular weight excluding hydrogens is 481 g/mol. The smallest absolute Gasteiger partial charge is 0.417 e. The summed E-state index contributed by atoms with van der Waals surface area (Å²) in [5.41, 5.74) is -1.58. The summed E-state index contributed by atoms with van der Waals surface area (Å²) < 4.78 is 48.3. The van der Waals surface area contributed by atoms with Gasteiger partial charge in [-0.1, -0.05) is 62.9 Å². The average molecular weight is 517 g/mol. The Morgan fingerprint density at radius 2 is 1.81 bits per heavy atom. The van der Waals surface area contributed by atoms with Crippen LogP contribution in [-0.4, -0.2) is 30.0 Å². The van der Waals surface area contributed by atoms with Crippen LogP contribution >= 0.6 is 0 Å². The van der Waals surface area contributed by atoms with Crippen LogP contribution in [0.5, 0.6) is 5.75 Å². The lowest BCUT2D eigenvalue weighted by atomic mass is 9.80. The highest BCUT2D eigenvalue weighted by Crippen LogP contribution is 2.44. The lowest BCUT2D eigenvalue weighted by Crippen LogP contribution is -2.53. The minimum atomic E-state index is -4.77. The third kappa shape index (κ3) is 5.78. The fraction of sp³-hybridized carbons (Fsp3) is 0.517. The zero-order valence-electron chi connectivity index (χ0n) is 21.7. The standard InChI is InChI=1S/C29H35F3N2O3/c1-4-5-11-16-34-24-17-21(22(29(30,31)32)18-25(24)37-28(2,3)27(34)36)26(35)33-23-15-10-9-14-20(23)19-12-7-6-8-13-19/h6-8,12-13,17-18,20,23H,4-5,9-11,14-16H2,1-3H3,(H,33,35)/t20-,23-/m1/s1. The molecule has 2 aromatic rings. The summed E-state index contributed by atoms with van der Waals surface area (Å²) in [6.45, 7) is 5.47. The molecule has 1 aliphatic carbocycles. The van der Waals surface area contributed by atoms with Crippen LogP contribution in [0.1, 0.15) is 93.1 Å². The summed E-state index contributed by atoms with van der Waals surface area (Å²) in [4.78, 5) is 28.1. The second-order valence-electron chi connectivity index (χ2n) is 10.5. The minimum absolute atomic E-state index is 0.0297. The van der Waals surface area contributed by atoms with E-state index in [0.717, 1.165) is 43.7 Å². The number of hydrogen-bond donors (Lipinski definition) is 1. The fourth-order valence-electron chi connectivity index (χ4n) is 5.43. The van der Waals surface area contributed by atoms with Crippen molar-refractivity contribution in [2.45, 2.75) is 89.5 Å². The van der Waals surface area contributed by atoms with Gasteiger partial charge in [0.05, 0.1) is 16.8 Å². The number of carbonyl (C=O) groups is 2. The lowest BCUT2D eigenvalue weighted by molar-refractivity contribution is -0.138. The maximum atomic E-state index is 14.2. The quantitative estimate of drug-likeness (QED) is 0.409. The highest BCUT2D eigenvalue weighted by Gasteiger charge is 2.44. The largest absolute Gasteiger partial charge is 0.476 e. The van der Waals surface area contributed by atoms with Crippen LogP contribution in [0.25, 0.3) is 0 Å². The Bertz CT molecular complexity index is 1130. The minimum Gasteiger partial charge on any atom is -0.476 e. The predicted molar refractivity (Wildman–Crippen MR) is 137 cm³/mol. The number of carbonyl (C=O) groups excluding carboxylic acids is 2. The van der Waals surface area contributed by atoms with Gasteiger partial charge in [0.25, 0.3) is 11.8 Å². The molecule has 2 atom stereocenters. The second kappa shape index (κ2) is 10.8. The molecule has 0 bridgehead atoms. The first-order valence-electron chi connectivity index (χ1n) is 13.1. The Labute approximate surface area is 216 Å². The van der Waals surface area contributed by atoms with Crippen molar-refractivity contribution in [2.75, 3.05) is 11.4 Å². The molecule has 5 nitrogen and oxygen atoms in total. The molecule has 0 unspecified atom stereocenters. The molecule has 1 saturated carbocycles. The molecule has 0 saturated heterocycles. The topological polar surface area (TPSA) is 58.6 Å². The van der Waals surface area contributed by atoms with E-state index in [9.17, 15) is 22.8 Å². The van der Waals surface area contributed by atoms with Gasteiger partial charge in [0.1, 0.15) is 5.75 Å². The number of hydrogen-bond acceptors (Lipinski definition) is 3. The zero-order valence-corrected chi connectivity index (χ0v) is 21.7. The Morgan fingerprint density at radius 1 is 1.11 bits per heavy atom. The maximum absolute atomic E-state index is 14.2. The van der Waals surface area contributed by atoms with E-state index in [-0.39, 0.29) is 29.3 Å². The van der Waals surface area contributed by atoms with Crippen molar-refractivity contribution in [3.05, 3.63) is 59.2 Å². The van der Waals surface area contributed by atoms with E-state index < -0.39 is 28.8 Å². The van der Waals surface area contributed by atoms with E-state index in [0.29, 0.717) is 19.4 Å². The van der Waals surface area contributed by atoms with Crippen molar-refractivity contribution in [3.8, 4) is 5.75 Å². The molecular formula is C29H35F3N2O3. The van der Waals surface area contributed by atoms with E-state index in [1.807, 2.05) is 37.3 Å². The summed E-state index contributed by atoms with van der Waals surface area (Å²) in [6.07, 6.45) is 1.17. The van der Waals surface area contributed by atoms with E-state index in [1.165, 1.54) is 11.0 Å². The average Bonchev–Trinajstić information content (AvgIpc) is 2.86. The number of amides is 2. The molecule has 4 rings (SSSR count). The third-order valence-corrected chi connectivity index (χ3v) is 7.36. The molecule has 2 amide bonds. The summed E-state index contributed by atoms with van der Waals surface area (Å²) in [5.74, 6) is -1.13. The number of nitrogens with one attached hydrogen (secondary N) is 1. The van der Waals surface area contributed by atoms with Gasteiger partial charge in [-0.2, -0.15) is 13.2 Å². The maximum Gasteiger partial charge on any atom is 0.417 e. The number of rotatable bonds is 7. The number of benzene rings is 2. The van der Waals surface area contributed by atoms with Crippen molar-refractivity contribution in [2.24, 2.45) is 0 Å². The number of fused-ring (bicyclic) bond motifs is 1. The monoisotopic (exact) mass is 516 g/mol. The Hall–Kier alpha value is -3.03. The van der Waals surface area contributed by atoms with Crippen LogP contribution in [0.15, 0.2) is 42.5 Å². The van der Waals surface area contributed by atoms with Crippen molar-refractivity contribution in [1.82, 2.24) is 5.32 Å². The molecule has 1 N–H and O–H groups in total. The normalized spacial score (nSPS) is 21.2. The highest BCUT2D eigenvalue weighted by molar-refractivity contribution is 6.05. The summed E-state index contributed by atoms with van der Waals surface area (Å²) >= 11 is 0. The molecule has 2 aromatic carbocycles. The molecule has 1 aliphatic heterocycles. The highest BCUT2D eigenvalue weighted by atomic mass is 19.4. The van der Waals surface area contributed by atoms with Gasteiger partial charge in [0, 0.05) is 18.5 Å². The number of unbranched alkanes of at least 4 members (excludes halogenated alkanes) is 2. The van der Waals surface area contributed by atoms with Crippen molar-refractivity contribution >= 4 is 17.5 Å². The molecule has 1 heterocycles. The van der Waals surface area contributed by atoms with Gasteiger partial charge in [-0.05, 0) is 50.8 Å².